The number of aliphatic carboxylic acids is 1. The summed E-state index contributed by atoms with van der Waals surface area (Å²) < 4.78 is 0. The van der Waals surface area contributed by atoms with Crippen molar-refractivity contribution >= 4 is 11.9 Å². The number of nitrogens with zero attached hydrogens (tertiary/aromatic N) is 2. The molecule has 1 fully saturated rings. The predicted octanol–water partition coefficient (Wildman–Crippen LogP) is 2.53. The standard InChI is InChI=1S/C11H20N2O3.C8H12.CH5N/c1-8(2)6-9-11(16)13(7-10(14)15)5-4-12(9)3;1-4-6-7-8(3)5-2;1-2/h8-9H,4-7H2,1-3H3,(H,14,15);4-7H,2H2,1,3H3;2H2,1H3/b;6-4-,8-7-;. The Morgan fingerprint density at radius 2 is 1.96 bits per heavy atom. The zero-order chi connectivity index (χ0) is 20.7. The van der Waals surface area contributed by atoms with Gasteiger partial charge in [0.2, 0.25) is 5.91 Å². The van der Waals surface area contributed by atoms with Crippen molar-refractivity contribution in [3.8, 4) is 0 Å². The molecule has 6 heteroatoms. The molecule has 1 heterocycles. The van der Waals surface area contributed by atoms with Crippen LogP contribution in [0.25, 0.3) is 0 Å². The lowest BCUT2D eigenvalue weighted by Crippen LogP contribution is -2.56. The van der Waals surface area contributed by atoms with E-state index >= 15 is 0 Å². The SMILES string of the molecule is C=C/C(C)=C\C=C/C.CC(C)CC1C(=O)N(CC(=O)O)CCN1C.CN. The Kier molecular flexibility index (Phi) is 15.5. The third kappa shape index (κ3) is 11.6. The number of carbonyl (C=O) groups excluding carboxylic acids is 1. The van der Waals surface area contributed by atoms with Gasteiger partial charge in [-0.15, -0.1) is 0 Å². The molecule has 6 nitrogen and oxygen atoms in total. The van der Waals surface area contributed by atoms with Gasteiger partial charge in [0, 0.05) is 13.1 Å². The van der Waals surface area contributed by atoms with Gasteiger partial charge in [0.15, 0.2) is 0 Å². The molecule has 0 radical (unpaired) electrons. The third-order valence-electron chi connectivity index (χ3n) is 3.75. The van der Waals surface area contributed by atoms with Crippen LogP contribution in [-0.2, 0) is 9.59 Å². The molecule has 1 aliphatic heterocycles. The molecule has 0 aromatic rings. The third-order valence-corrected chi connectivity index (χ3v) is 3.75. The van der Waals surface area contributed by atoms with Crippen molar-refractivity contribution in [1.82, 2.24) is 9.80 Å². The lowest BCUT2D eigenvalue weighted by Gasteiger charge is -2.38. The van der Waals surface area contributed by atoms with Gasteiger partial charge in [-0.25, -0.2) is 0 Å². The van der Waals surface area contributed by atoms with E-state index < -0.39 is 5.97 Å². The highest BCUT2D eigenvalue weighted by Gasteiger charge is 2.33. The Morgan fingerprint density at radius 1 is 1.38 bits per heavy atom. The minimum Gasteiger partial charge on any atom is -0.480 e. The predicted molar refractivity (Wildman–Crippen MR) is 109 cm³/mol. The van der Waals surface area contributed by atoms with Crippen molar-refractivity contribution in [3.63, 3.8) is 0 Å². The Balaban J connectivity index is 0. The zero-order valence-corrected chi connectivity index (χ0v) is 17.2. The largest absolute Gasteiger partial charge is 0.480 e. The van der Waals surface area contributed by atoms with Gasteiger partial charge in [-0.3, -0.25) is 14.5 Å². The summed E-state index contributed by atoms with van der Waals surface area (Å²) in [5, 5.41) is 8.71. The lowest BCUT2D eigenvalue weighted by molar-refractivity contribution is -0.150. The van der Waals surface area contributed by atoms with E-state index in [1.54, 1.807) is 0 Å². The molecule has 26 heavy (non-hydrogen) atoms. The molecular formula is C20H37N3O3. The van der Waals surface area contributed by atoms with Crippen molar-refractivity contribution < 1.29 is 14.7 Å². The molecule has 1 aliphatic rings. The van der Waals surface area contributed by atoms with E-state index in [9.17, 15) is 9.59 Å². The molecule has 0 saturated carbocycles. The van der Waals surface area contributed by atoms with E-state index in [1.165, 1.54) is 17.5 Å². The zero-order valence-electron chi connectivity index (χ0n) is 17.2. The second kappa shape index (κ2) is 15.3. The first-order chi connectivity index (χ1) is 12.2. The molecule has 1 saturated heterocycles. The number of carbonyl (C=O) groups is 2. The number of carboxylic acids is 1. The van der Waals surface area contributed by atoms with Crippen LogP contribution in [0.15, 0.2) is 36.5 Å². The van der Waals surface area contributed by atoms with Gasteiger partial charge in [0.1, 0.15) is 6.54 Å². The van der Waals surface area contributed by atoms with Gasteiger partial charge in [-0.1, -0.05) is 50.3 Å². The van der Waals surface area contributed by atoms with Crippen LogP contribution in [0.5, 0.6) is 0 Å². The van der Waals surface area contributed by atoms with E-state index in [0.717, 1.165) is 13.0 Å². The molecule has 1 atom stereocenters. The van der Waals surface area contributed by atoms with E-state index in [-0.39, 0.29) is 18.5 Å². The first-order valence-electron chi connectivity index (χ1n) is 8.93. The highest BCUT2D eigenvalue weighted by Crippen LogP contribution is 2.16. The molecule has 0 bridgehead atoms. The maximum absolute atomic E-state index is 12.0. The molecule has 1 amide bonds. The normalized spacial score (nSPS) is 18.2. The van der Waals surface area contributed by atoms with Crippen LogP contribution in [0, 0.1) is 5.92 Å². The number of hydrogen-bond acceptors (Lipinski definition) is 4. The second-order valence-corrected chi connectivity index (χ2v) is 6.42. The Labute approximate surface area is 159 Å². The highest BCUT2D eigenvalue weighted by atomic mass is 16.4. The first kappa shape index (κ1) is 26.3. The van der Waals surface area contributed by atoms with Gasteiger partial charge in [0.05, 0.1) is 6.04 Å². The van der Waals surface area contributed by atoms with Crippen molar-refractivity contribution in [3.05, 3.63) is 36.5 Å². The molecule has 0 aliphatic carbocycles. The average molecular weight is 368 g/mol. The minimum atomic E-state index is -0.943. The fourth-order valence-corrected chi connectivity index (χ4v) is 2.31. The minimum absolute atomic E-state index is 0.0511. The summed E-state index contributed by atoms with van der Waals surface area (Å²) in [6.45, 7) is 12.8. The Morgan fingerprint density at radius 3 is 2.38 bits per heavy atom. The van der Waals surface area contributed by atoms with Gasteiger partial charge >= 0.3 is 5.97 Å². The number of allylic oxidation sites excluding steroid dienone is 5. The summed E-state index contributed by atoms with van der Waals surface area (Å²) in [7, 11) is 3.42. The fourth-order valence-electron chi connectivity index (χ4n) is 2.31. The maximum atomic E-state index is 12.0. The molecule has 0 aromatic carbocycles. The summed E-state index contributed by atoms with van der Waals surface area (Å²) in [5.74, 6) is -0.563. The average Bonchev–Trinajstić information content (AvgIpc) is 2.60. The number of carboxylic acid groups (broad SMARTS) is 1. The Hall–Kier alpha value is -1.92. The van der Waals surface area contributed by atoms with E-state index in [4.69, 9.17) is 5.11 Å². The number of rotatable bonds is 6. The maximum Gasteiger partial charge on any atom is 0.323 e. The van der Waals surface area contributed by atoms with E-state index in [2.05, 4.69) is 26.2 Å². The monoisotopic (exact) mass is 367 g/mol. The lowest BCUT2D eigenvalue weighted by atomic mass is 10.00. The molecule has 1 rings (SSSR count). The van der Waals surface area contributed by atoms with Gasteiger partial charge < -0.3 is 15.7 Å². The summed E-state index contributed by atoms with van der Waals surface area (Å²) in [6.07, 6.45) is 8.63. The second-order valence-electron chi connectivity index (χ2n) is 6.42. The quantitative estimate of drug-likeness (QED) is 0.705. The van der Waals surface area contributed by atoms with Crippen molar-refractivity contribution in [2.45, 2.75) is 40.2 Å². The van der Waals surface area contributed by atoms with Crippen LogP contribution in [-0.4, -0.2) is 66.6 Å². The Bertz CT molecular complexity index is 485. The molecule has 1 unspecified atom stereocenters. The van der Waals surface area contributed by atoms with Gasteiger partial charge in [0.25, 0.3) is 0 Å². The molecular weight excluding hydrogens is 330 g/mol. The fraction of sp³-hybridized carbons (Fsp3) is 0.600. The molecule has 150 valence electrons. The van der Waals surface area contributed by atoms with Crippen molar-refractivity contribution in [2.24, 2.45) is 11.7 Å². The number of likely N-dealkylation sites (N-methyl/N-ethyl adjacent to an activating group) is 1. The van der Waals surface area contributed by atoms with E-state index in [0.29, 0.717) is 12.5 Å². The van der Waals surface area contributed by atoms with Gasteiger partial charge in [-0.05, 0) is 40.3 Å². The smallest absolute Gasteiger partial charge is 0.323 e. The number of piperazine rings is 1. The van der Waals surface area contributed by atoms with Crippen molar-refractivity contribution in [1.29, 1.82) is 0 Å². The van der Waals surface area contributed by atoms with Crippen molar-refractivity contribution in [2.75, 3.05) is 33.7 Å². The van der Waals surface area contributed by atoms with Crippen LogP contribution < -0.4 is 5.73 Å². The topological polar surface area (TPSA) is 86.9 Å². The molecule has 0 spiro atoms. The number of amides is 1. The molecule has 3 N–H and O–H groups in total. The van der Waals surface area contributed by atoms with Crippen LogP contribution in [0.3, 0.4) is 0 Å². The van der Waals surface area contributed by atoms with Crippen LogP contribution in [0.2, 0.25) is 0 Å². The summed E-state index contributed by atoms with van der Waals surface area (Å²) in [6, 6.07) is -0.159. The van der Waals surface area contributed by atoms with Crippen LogP contribution >= 0.6 is 0 Å². The van der Waals surface area contributed by atoms with E-state index in [1.807, 2.05) is 50.1 Å². The van der Waals surface area contributed by atoms with Crippen LogP contribution in [0.1, 0.15) is 34.1 Å². The molecule has 0 aromatic heterocycles. The number of nitrogens with two attached hydrogens (primary N) is 1. The van der Waals surface area contributed by atoms with Gasteiger partial charge in [-0.2, -0.15) is 0 Å². The number of hydrogen-bond donors (Lipinski definition) is 2. The summed E-state index contributed by atoms with van der Waals surface area (Å²) in [4.78, 5) is 26.1. The summed E-state index contributed by atoms with van der Waals surface area (Å²) in [5.41, 5.74) is 5.70. The highest BCUT2D eigenvalue weighted by molar-refractivity contribution is 5.86. The summed E-state index contributed by atoms with van der Waals surface area (Å²) >= 11 is 0. The first-order valence-corrected chi connectivity index (χ1v) is 8.93. The van der Waals surface area contributed by atoms with Crippen LogP contribution in [0.4, 0.5) is 0 Å².